The van der Waals surface area contributed by atoms with Gasteiger partial charge >= 0.3 is 0 Å². The third kappa shape index (κ3) is 3.30. The Morgan fingerprint density at radius 2 is 1.94 bits per heavy atom. The van der Waals surface area contributed by atoms with E-state index in [1.807, 2.05) is 0 Å². The minimum absolute atomic E-state index is 0.668. The average Bonchev–Trinajstić information content (AvgIpc) is 2.40. The Hall–Kier alpha value is -0.860. The molecule has 0 radical (unpaired) electrons. The first kappa shape index (κ1) is 12.6. The lowest BCUT2D eigenvalue weighted by Gasteiger charge is -2.40. The van der Waals surface area contributed by atoms with Gasteiger partial charge in [0.05, 0.1) is 0 Å². The first-order chi connectivity index (χ1) is 8.33. The molecule has 1 aliphatic rings. The standard InChI is InChI=1S/C15H24N2/c1-3-14-12-17(15(4-2)10-16-14)11-13-8-6-5-7-9-13/h5-9,14-16H,3-4,10-12H2,1-2H3/t14?,15-/m1/s1. The number of hydrogen-bond acceptors (Lipinski definition) is 2. The van der Waals surface area contributed by atoms with Crippen LogP contribution in [-0.4, -0.2) is 30.1 Å². The largest absolute Gasteiger partial charge is 0.311 e. The van der Waals surface area contributed by atoms with Gasteiger partial charge in [0, 0.05) is 31.7 Å². The lowest BCUT2D eigenvalue weighted by molar-refractivity contribution is 0.117. The molecule has 0 spiro atoms. The first-order valence-corrected chi connectivity index (χ1v) is 6.84. The molecule has 0 aliphatic carbocycles. The fourth-order valence-electron chi connectivity index (χ4n) is 2.62. The van der Waals surface area contributed by atoms with Crippen LogP contribution in [0.3, 0.4) is 0 Å². The summed E-state index contributed by atoms with van der Waals surface area (Å²) < 4.78 is 0. The molecule has 0 aromatic heterocycles. The molecule has 0 bridgehead atoms. The number of hydrogen-bond donors (Lipinski definition) is 1. The van der Waals surface area contributed by atoms with Crippen LogP contribution in [0.1, 0.15) is 32.3 Å². The van der Waals surface area contributed by atoms with Crippen LogP contribution < -0.4 is 5.32 Å². The van der Waals surface area contributed by atoms with Crippen molar-refractivity contribution in [2.45, 2.75) is 45.3 Å². The number of piperazine rings is 1. The van der Waals surface area contributed by atoms with Crippen LogP contribution >= 0.6 is 0 Å². The monoisotopic (exact) mass is 232 g/mol. The summed E-state index contributed by atoms with van der Waals surface area (Å²) in [5.74, 6) is 0. The van der Waals surface area contributed by atoms with E-state index in [0.717, 1.165) is 13.1 Å². The van der Waals surface area contributed by atoms with E-state index in [9.17, 15) is 0 Å². The summed E-state index contributed by atoms with van der Waals surface area (Å²) in [6.45, 7) is 7.98. The van der Waals surface area contributed by atoms with Crippen LogP contribution in [0.15, 0.2) is 30.3 Å². The molecular formula is C15H24N2. The van der Waals surface area contributed by atoms with Crippen molar-refractivity contribution >= 4 is 0 Å². The van der Waals surface area contributed by atoms with E-state index in [-0.39, 0.29) is 0 Å². The maximum atomic E-state index is 3.64. The zero-order valence-corrected chi connectivity index (χ0v) is 11.0. The van der Waals surface area contributed by atoms with E-state index in [2.05, 4.69) is 54.4 Å². The maximum Gasteiger partial charge on any atom is 0.0237 e. The van der Waals surface area contributed by atoms with E-state index >= 15 is 0 Å². The second-order valence-corrected chi connectivity index (χ2v) is 4.99. The van der Waals surface area contributed by atoms with Gasteiger partial charge in [0.2, 0.25) is 0 Å². The van der Waals surface area contributed by atoms with Gasteiger partial charge in [-0.05, 0) is 18.4 Å². The molecule has 2 heteroatoms. The Morgan fingerprint density at radius 1 is 1.18 bits per heavy atom. The molecule has 94 valence electrons. The highest BCUT2D eigenvalue weighted by Crippen LogP contribution is 2.15. The summed E-state index contributed by atoms with van der Waals surface area (Å²) in [4.78, 5) is 2.64. The van der Waals surface area contributed by atoms with Gasteiger partial charge in [0.1, 0.15) is 0 Å². The van der Waals surface area contributed by atoms with Gasteiger partial charge in [-0.15, -0.1) is 0 Å². The lowest BCUT2D eigenvalue weighted by Crippen LogP contribution is -2.55. The minimum atomic E-state index is 0.668. The molecule has 1 saturated heterocycles. The molecule has 0 amide bonds. The van der Waals surface area contributed by atoms with E-state index in [1.165, 1.54) is 24.9 Å². The molecule has 1 fully saturated rings. The zero-order valence-electron chi connectivity index (χ0n) is 11.0. The topological polar surface area (TPSA) is 15.3 Å². The number of benzene rings is 1. The van der Waals surface area contributed by atoms with Crippen molar-refractivity contribution in [1.82, 2.24) is 10.2 Å². The SMILES string of the molecule is CCC1CN(Cc2ccccc2)[C@H](CC)CN1. The van der Waals surface area contributed by atoms with Crippen LogP contribution in [0, 0.1) is 0 Å². The Bertz CT molecular complexity index is 323. The molecular weight excluding hydrogens is 208 g/mol. The zero-order chi connectivity index (χ0) is 12.1. The van der Waals surface area contributed by atoms with Crippen molar-refractivity contribution in [3.05, 3.63) is 35.9 Å². The van der Waals surface area contributed by atoms with Crippen molar-refractivity contribution < 1.29 is 0 Å². The summed E-state index contributed by atoms with van der Waals surface area (Å²) in [7, 11) is 0. The van der Waals surface area contributed by atoms with E-state index in [4.69, 9.17) is 0 Å². The van der Waals surface area contributed by atoms with Crippen LogP contribution in [-0.2, 0) is 6.54 Å². The van der Waals surface area contributed by atoms with Crippen molar-refractivity contribution in [3.63, 3.8) is 0 Å². The molecule has 1 N–H and O–H groups in total. The molecule has 1 heterocycles. The normalized spacial score (nSPS) is 26.0. The van der Waals surface area contributed by atoms with Gasteiger partial charge in [0.25, 0.3) is 0 Å². The van der Waals surface area contributed by atoms with Crippen molar-refractivity contribution in [1.29, 1.82) is 0 Å². The molecule has 2 nitrogen and oxygen atoms in total. The highest BCUT2D eigenvalue weighted by molar-refractivity contribution is 5.14. The molecule has 1 aromatic rings. The van der Waals surface area contributed by atoms with Crippen LogP contribution in [0.2, 0.25) is 0 Å². The quantitative estimate of drug-likeness (QED) is 0.858. The predicted octanol–water partition coefficient (Wildman–Crippen LogP) is 2.65. The van der Waals surface area contributed by atoms with Crippen LogP contribution in [0.25, 0.3) is 0 Å². The smallest absolute Gasteiger partial charge is 0.0237 e. The van der Waals surface area contributed by atoms with Crippen molar-refractivity contribution in [2.24, 2.45) is 0 Å². The number of rotatable bonds is 4. The Labute approximate surface area is 105 Å². The van der Waals surface area contributed by atoms with Gasteiger partial charge in [-0.3, -0.25) is 4.90 Å². The second-order valence-electron chi connectivity index (χ2n) is 4.99. The molecule has 1 unspecified atom stereocenters. The summed E-state index contributed by atoms with van der Waals surface area (Å²) >= 11 is 0. The van der Waals surface area contributed by atoms with Gasteiger partial charge < -0.3 is 5.32 Å². The summed E-state index contributed by atoms with van der Waals surface area (Å²) in [5, 5.41) is 3.64. The van der Waals surface area contributed by atoms with Gasteiger partial charge in [0.15, 0.2) is 0 Å². The Balaban J connectivity index is 2.00. The predicted molar refractivity (Wildman–Crippen MR) is 73.0 cm³/mol. The fraction of sp³-hybridized carbons (Fsp3) is 0.600. The molecule has 2 atom stereocenters. The highest BCUT2D eigenvalue weighted by Gasteiger charge is 2.25. The average molecular weight is 232 g/mol. The molecule has 1 aromatic carbocycles. The molecule has 2 rings (SSSR count). The molecule has 17 heavy (non-hydrogen) atoms. The number of nitrogens with zero attached hydrogens (tertiary/aromatic N) is 1. The summed E-state index contributed by atoms with van der Waals surface area (Å²) in [6, 6.07) is 12.2. The lowest BCUT2D eigenvalue weighted by atomic mass is 10.0. The Kier molecular flexibility index (Phi) is 4.57. The second kappa shape index (κ2) is 6.18. The van der Waals surface area contributed by atoms with E-state index in [1.54, 1.807) is 0 Å². The van der Waals surface area contributed by atoms with E-state index in [0.29, 0.717) is 12.1 Å². The third-order valence-corrected chi connectivity index (χ3v) is 3.81. The Morgan fingerprint density at radius 3 is 2.59 bits per heavy atom. The minimum Gasteiger partial charge on any atom is -0.311 e. The van der Waals surface area contributed by atoms with E-state index < -0.39 is 0 Å². The summed E-state index contributed by atoms with van der Waals surface area (Å²) in [6.07, 6.45) is 2.46. The van der Waals surface area contributed by atoms with Crippen LogP contribution in [0.5, 0.6) is 0 Å². The highest BCUT2D eigenvalue weighted by atomic mass is 15.2. The molecule has 0 saturated carbocycles. The van der Waals surface area contributed by atoms with Gasteiger partial charge in [-0.25, -0.2) is 0 Å². The summed E-state index contributed by atoms with van der Waals surface area (Å²) in [5.41, 5.74) is 1.43. The fourth-order valence-corrected chi connectivity index (χ4v) is 2.62. The first-order valence-electron chi connectivity index (χ1n) is 6.84. The number of nitrogens with one attached hydrogen (secondary N) is 1. The van der Waals surface area contributed by atoms with Gasteiger partial charge in [-0.2, -0.15) is 0 Å². The van der Waals surface area contributed by atoms with Crippen molar-refractivity contribution in [2.75, 3.05) is 13.1 Å². The van der Waals surface area contributed by atoms with Crippen molar-refractivity contribution in [3.8, 4) is 0 Å². The third-order valence-electron chi connectivity index (χ3n) is 3.81. The van der Waals surface area contributed by atoms with Gasteiger partial charge in [-0.1, -0.05) is 44.2 Å². The molecule has 1 aliphatic heterocycles. The maximum absolute atomic E-state index is 3.64. The van der Waals surface area contributed by atoms with Crippen LogP contribution in [0.4, 0.5) is 0 Å².